The molecule has 0 nitrogen and oxygen atoms in total. The molecule has 10 heavy (non-hydrogen) atoms. The van der Waals surface area contributed by atoms with E-state index in [4.69, 9.17) is 0 Å². The van der Waals surface area contributed by atoms with Crippen LogP contribution in [0.1, 0.15) is 20.8 Å². The normalized spacial score (nSPS) is 14.6. The van der Waals surface area contributed by atoms with Crippen molar-refractivity contribution in [1.82, 2.24) is 0 Å². The standard InChI is InChI=1S/C9H19Si/c1-9(2,3)7-8-10(4,5)6/h7H,1-6H3. The fraction of sp³-hybridized carbons (Fsp3) is 0.778. The van der Waals surface area contributed by atoms with Crippen LogP contribution in [0.4, 0.5) is 0 Å². The Hall–Kier alpha value is -0.0431. The molecule has 0 fully saturated rings. The van der Waals surface area contributed by atoms with Crippen LogP contribution in [0.5, 0.6) is 0 Å². The first-order valence-corrected chi connectivity index (χ1v) is 7.33. The minimum Gasteiger partial charge on any atom is -0.0800 e. The highest BCUT2D eigenvalue weighted by molar-refractivity contribution is 6.78. The van der Waals surface area contributed by atoms with Crippen LogP contribution in [0.3, 0.4) is 0 Å². The van der Waals surface area contributed by atoms with E-state index in [1.165, 1.54) is 0 Å². The molecule has 59 valence electrons. The highest BCUT2D eigenvalue weighted by Crippen LogP contribution is 2.16. The van der Waals surface area contributed by atoms with Crippen molar-refractivity contribution in [2.24, 2.45) is 5.41 Å². The van der Waals surface area contributed by atoms with Crippen molar-refractivity contribution in [2.75, 3.05) is 0 Å². The highest BCUT2D eigenvalue weighted by atomic mass is 28.3. The Labute approximate surface area is 66.4 Å². The lowest BCUT2D eigenvalue weighted by Gasteiger charge is -2.15. The van der Waals surface area contributed by atoms with Gasteiger partial charge in [0, 0.05) is 0 Å². The number of hydrogen-bond donors (Lipinski definition) is 0. The SMILES string of the molecule is CC(C)(C)C=[C][Si](C)(C)C. The predicted molar refractivity (Wildman–Crippen MR) is 50.6 cm³/mol. The van der Waals surface area contributed by atoms with Crippen molar-refractivity contribution >= 4 is 8.07 Å². The summed E-state index contributed by atoms with van der Waals surface area (Å²) in [7, 11) is -1.07. The molecule has 0 N–H and O–H groups in total. The lowest BCUT2D eigenvalue weighted by atomic mass is 9.98. The summed E-state index contributed by atoms with van der Waals surface area (Å²) in [6.45, 7) is 13.5. The quantitative estimate of drug-likeness (QED) is 0.510. The summed E-state index contributed by atoms with van der Waals surface area (Å²) in [6.07, 6.45) is 2.21. The maximum Gasteiger partial charge on any atom is 0.0770 e. The summed E-state index contributed by atoms with van der Waals surface area (Å²) in [4.78, 5) is 0. The molecule has 0 heterocycles. The Morgan fingerprint density at radius 1 is 1.10 bits per heavy atom. The Bertz CT molecular complexity index is 105. The van der Waals surface area contributed by atoms with Crippen molar-refractivity contribution in [3.63, 3.8) is 0 Å². The molecule has 0 aliphatic heterocycles. The van der Waals surface area contributed by atoms with Crippen LogP contribution in [-0.2, 0) is 0 Å². The summed E-state index contributed by atoms with van der Waals surface area (Å²) < 4.78 is 0. The summed E-state index contributed by atoms with van der Waals surface area (Å²) in [5.41, 5.74) is 3.78. The van der Waals surface area contributed by atoms with Gasteiger partial charge in [0.05, 0.1) is 8.07 Å². The van der Waals surface area contributed by atoms with Crippen molar-refractivity contribution < 1.29 is 0 Å². The van der Waals surface area contributed by atoms with Crippen molar-refractivity contribution in [1.29, 1.82) is 0 Å². The van der Waals surface area contributed by atoms with Gasteiger partial charge in [-0.1, -0.05) is 52.2 Å². The van der Waals surface area contributed by atoms with E-state index in [1.54, 1.807) is 0 Å². The molecule has 0 aromatic heterocycles. The van der Waals surface area contributed by atoms with E-state index in [9.17, 15) is 0 Å². The number of rotatable bonds is 1. The number of hydrogen-bond acceptors (Lipinski definition) is 0. The molecule has 0 bridgehead atoms. The van der Waals surface area contributed by atoms with E-state index in [0.717, 1.165) is 0 Å². The zero-order valence-corrected chi connectivity index (χ0v) is 9.08. The van der Waals surface area contributed by atoms with E-state index in [0.29, 0.717) is 5.41 Å². The second-order valence-electron chi connectivity index (χ2n) is 4.90. The molecule has 0 saturated heterocycles. The topological polar surface area (TPSA) is 0 Å². The summed E-state index contributed by atoms with van der Waals surface area (Å²) in [5.74, 6) is 0. The first kappa shape index (κ1) is 9.96. The monoisotopic (exact) mass is 155 g/mol. The first-order chi connectivity index (χ1) is 4.21. The van der Waals surface area contributed by atoms with Crippen molar-refractivity contribution in [2.45, 2.75) is 40.4 Å². The van der Waals surface area contributed by atoms with Gasteiger partial charge in [0.25, 0.3) is 0 Å². The van der Waals surface area contributed by atoms with Crippen molar-refractivity contribution in [3.05, 3.63) is 11.8 Å². The van der Waals surface area contributed by atoms with Crippen LogP contribution in [-0.4, -0.2) is 8.07 Å². The fourth-order valence-electron chi connectivity index (χ4n) is 0.433. The van der Waals surface area contributed by atoms with Gasteiger partial charge >= 0.3 is 0 Å². The van der Waals surface area contributed by atoms with Gasteiger partial charge in [-0.3, -0.25) is 0 Å². The lowest BCUT2D eigenvalue weighted by Crippen LogP contribution is -2.18. The Kier molecular flexibility index (Phi) is 2.90. The smallest absolute Gasteiger partial charge is 0.0770 e. The van der Waals surface area contributed by atoms with Gasteiger partial charge in [-0.2, -0.15) is 0 Å². The molecule has 1 radical (unpaired) electrons. The van der Waals surface area contributed by atoms with Crippen LogP contribution in [0.25, 0.3) is 0 Å². The molecule has 0 aliphatic rings. The zero-order valence-electron chi connectivity index (χ0n) is 8.08. The van der Waals surface area contributed by atoms with Gasteiger partial charge in [-0.05, 0) is 5.41 Å². The average Bonchev–Trinajstić information content (AvgIpc) is 1.57. The minimum absolute atomic E-state index is 0.306. The summed E-state index contributed by atoms with van der Waals surface area (Å²) >= 11 is 0. The van der Waals surface area contributed by atoms with Crippen LogP contribution in [0.2, 0.25) is 19.6 Å². The Morgan fingerprint density at radius 3 is 1.60 bits per heavy atom. The molecule has 0 amide bonds. The predicted octanol–water partition coefficient (Wildman–Crippen LogP) is 3.27. The van der Waals surface area contributed by atoms with Crippen LogP contribution in [0.15, 0.2) is 6.08 Å². The van der Waals surface area contributed by atoms with E-state index in [2.05, 4.69) is 52.2 Å². The first-order valence-electron chi connectivity index (χ1n) is 3.83. The minimum atomic E-state index is -1.07. The fourth-order valence-corrected chi connectivity index (χ4v) is 1.30. The molecule has 0 unspecified atom stereocenters. The van der Waals surface area contributed by atoms with Gasteiger partial charge in [-0.25, -0.2) is 0 Å². The number of allylic oxidation sites excluding steroid dienone is 1. The molecule has 1 heteroatoms. The largest absolute Gasteiger partial charge is 0.0800 e. The van der Waals surface area contributed by atoms with E-state index >= 15 is 0 Å². The maximum absolute atomic E-state index is 3.48. The molecule has 0 saturated carbocycles. The van der Waals surface area contributed by atoms with Crippen molar-refractivity contribution in [3.8, 4) is 0 Å². The highest BCUT2D eigenvalue weighted by Gasteiger charge is 2.11. The molecule has 0 aromatic carbocycles. The Balaban J connectivity index is 4.01. The molecule has 0 aromatic rings. The van der Waals surface area contributed by atoms with E-state index in [-0.39, 0.29) is 0 Å². The van der Waals surface area contributed by atoms with E-state index in [1.807, 2.05) is 0 Å². The van der Waals surface area contributed by atoms with Gasteiger partial charge in [-0.15, -0.1) is 0 Å². The molecular formula is C9H19Si. The van der Waals surface area contributed by atoms with Crippen LogP contribution >= 0.6 is 0 Å². The molecule has 0 atom stereocenters. The van der Waals surface area contributed by atoms with Gasteiger partial charge in [0.15, 0.2) is 0 Å². The van der Waals surface area contributed by atoms with Crippen LogP contribution < -0.4 is 0 Å². The second kappa shape index (κ2) is 2.91. The Morgan fingerprint density at radius 2 is 1.50 bits per heavy atom. The average molecular weight is 155 g/mol. The summed E-state index contributed by atoms with van der Waals surface area (Å²) in [5, 5.41) is 0. The molecule has 0 rings (SSSR count). The van der Waals surface area contributed by atoms with Gasteiger partial charge in [0.1, 0.15) is 0 Å². The zero-order chi connectivity index (χ0) is 8.41. The van der Waals surface area contributed by atoms with Crippen LogP contribution in [0, 0.1) is 11.1 Å². The second-order valence-corrected chi connectivity index (χ2v) is 9.69. The molecular weight excluding hydrogens is 136 g/mol. The third-order valence-corrected chi connectivity index (χ3v) is 1.95. The third-order valence-electron chi connectivity index (χ3n) is 0.938. The van der Waals surface area contributed by atoms with E-state index < -0.39 is 8.07 Å². The maximum atomic E-state index is 3.48. The third kappa shape index (κ3) is 7.96. The molecule has 0 spiro atoms. The summed E-state index contributed by atoms with van der Waals surface area (Å²) in [6, 6.07) is 0. The molecule has 0 aliphatic carbocycles. The lowest BCUT2D eigenvalue weighted by molar-refractivity contribution is 0.543. The van der Waals surface area contributed by atoms with Gasteiger partial charge < -0.3 is 0 Å². The van der Waals surface area contributed by atoms with Gasteiger partial charge in [0.2, 0.25) is 0 Å².